The number of aromatic nitrogens is 4. The van der Waals surface area contributed by atoms with Gasteiger partial charge in [-0.05, 0) is 37.0 Å². The van der Waals surface area contributed by atoms with Gasteiger partial charge in [-0.3, -0.25) is 15.6 Å². The highest BCUT2D eigenvalue weighted by atomic mass is 16.3. The zero-order valence-corrected chi connectivity index (χ0v) is 15.2. The Kier molecular flexibility index (Phi) is 5.01. The molecule has 142 valence electrons. The molecule has 0 bridgehead atoms. The van der Waals surface area contributed by atoms with Gasteiger partial charge in [0.15, 0.2) is 16.9 Å². The van der Waals surface area contributed by atoms with Crippen LogP contribution in [0.1, 0.15) is 29.0 Å². The summed E-state index contributed by atoms with van der Waals surface area (Å²) in [5.41, 5.74) is 4.65. The minimum atomic E-state index is -0.446. The Labute approximate surface area is 160 Å². The fourth-order valence-electron chi connectivity index (χ4n) is 3.04. The Morgan fingerprint density at radius 2 is 2.00 bits per heavy atom. The van der Waals surface area contributed by atoms with Gasteiger partial charge >= 0.3 is 5.91 Å². The van der Waals surface area contributed by atoms with E-state index in [0.29, 0.717) is 11.0 Å². The van der Waals surface area contributed by atoms with E-state index in [0.717, 1.165) is 25.8 Å². The average molecular weight is 376 g/mol. The molecular formula is C20H20N6O2. The molecule has 4 aromatic rings. The average Bonchev–Trinajstić information content (AvgIpc) is 3.39. The van der Waals surface area contributed by atoms with E-state index in [1.807, 2.05) is 6.07 Å². The summed E-state index contributed by atoms with van der Waals surface area (Å²) in [5.74, 6) is -0.279. The van der Waals surface area contributed by atoms with Gasteiger partial charge in [0.1, 0.15) is 6.33 Å². The lowest BCUT2D eigenvalue weighted by Gasteiger charge is -2.08. The Hall–Kier alpha value is -3.68. The van der Waals surface area contributed by atoms with E-state index in [-0.39, 0.29) is 11.2 Å². The molecule has 0 unspecified atom stereocenters. The first kappa shape index (κ1) is 17.7. The molecule has 8 heteroatoms. The van der Waals surface area contributed by atoms with Crippen molar-refractivity contribution in [1.82, 2.24) is 19.4 Å². The van der Waals surface area contributed by atoms with Crippen molar-refractivity contribution in [3.8, 4) is 0 Å². The number of fused-ring (bicyclic) bond motifs is 1. The van der Waals surface area contributed by atoms with Gasteiger partial charge in [0.25, 0.3) is 0 Å². The van der Waals surface area contributed by atoms with E-state index in [4.69, 9.17) is 9.83 Å². The number of nitrogens with zero attached hydrogens (tertiary/aromatic N) is 4. The number of aryl methyl sites for hydroxylation is 2. The summed E-state index contributed by atoms with van der Waals surface area (Å²) in [5, 5.41) is 13.3. The molecule has 2 N–H and O–H groups in total. The van der Waals surface area contributed by atoms with Crippen molar-refractivity contribution in [3.63, 3.8) is 0 Å². The summed E-state index contributed by atoms with van der Waals surface area (Å²) < 4.78 is 8.12. The first-order chi connectivity index (χ1) is 13.7. The number of carbonyl (C=O) groups excluding carboxylic acids is 1. The molecule has 1 aromatic carbocycles. The van der Waals surface area contributed by atoms with Crippen molar-refractivity contribution in [2.24, 2.45) is 0 Å². The second-order valence-corrected chi connectivity index (χ2v) is 6.43. The van der Waals surface area contributed by atoms with Gasteiger partial charge in [-0.2, -0.15) is 5.10 Å². The maximum atomic E-state index is 12.1. The highest BCUT2D eigenvalue weighted by Gasteiger charge is 2.12. The molecular weight excluding hydrogens is 356 g/mol. The monoisotopic (exact) mass is 376 g/mol. The van der Waals surface area contributed by atoms with Crippen molar-refractivity contribution in [3.05, 3.63) is 78.1 Å². The molecule has 0 saturated carbocycles. The number of hydrogen-bond donors (Lipinski definition) is 2. The van der Waals surface area contributed by atoms with Gasteiger partial charge in [-0.25, -0.2) is 14.3 Å². The van der Waals surface area contributed by atoms with Gasteiger partial charge in [0.2, 0.25) is 0 Å². The van der Waals surface area contributed by atoms with Crippen LogP contribution in [0.2, 0.25) is 0 Å². The second-order valence-electron chi connectivity index (χ2n) is 6.43. The second kappa shape index (κ2) is 7.91. The first-order valence-electron chi connectivity index (χ1n) is 9.09. The standard InChI is InChI=1S/C20H20N6O2/c21-18-16-13-23-25(11-5-4-9-15-7-2-1-3-8-15)19(16)22-14-26(18)24-20(27)17-10-6-12-28-17/h1-3,6-8,10,12-14,21H,4-5,9,11H2,(H,24,27). The number of amides is 1. The van der Waals surface area contributed by atoms with Crippen LogP contribution in [-0.4, -0.2) is 25.3 Å². The normalized spacial score (nSPS) is 11.0. The number of unbranched alkanes of at least 4 members (excludes halogenated alkanes) is 1. The summed E-state index contributed by atoms with van der Waals surface area (Å²) >= 11 is 0. The van der Waals surface area contributed by atoms with Crippen LogP contribution in [0.25, 0.3) is 11.0 Å². The number of benzene rings is 1. The Balaban J connectivity index is 1.43. The molecule has 0 aliphatic rings. The Bertz CT molecular complexity index is 1130. The van der Waals surface area contributed by atoms with Crippen LogP contribution < -0.4 is 10.9 Å². The van der Waals surface area contributed by atoms with Crippen molar-refractivity contribution < 1.29 is 9.21 Å². The molecule has 1 amide bonds. The third-order valence-corrected chi connectivity index (χ3v) is 4.50. The number of furan rings is 1. The van der Waals surface area contributed by atoms with Gasteiger partial charge in [0, 0.05) is 6.54 Å². The van der Waals surface area contributed by atoms with Crippen LogP contribution >= 0.6 is 0 Å². The Morgan fingerprint density at radius 1 is 1.14 bits per heavy atom. The van der Waals surface area contributed by atoms with Gasteiger partial charge in [-0.15, -0.1) is 0 Å². The number of nitrogens with one attached hydrogen (secondary N) is 2. The molecule has 0 fully saturated rings. The van der Waals surface area contributed by atoms with Crippen LogP contribution in [0.3, 0.4) is 0 Å². The van der Waals surface area contributed by atoms with Crippen LogP contribution in [0, 0.1) is 5.41 Å². The van der Waals surface area contributed by atoms with Crippen LogP contribution in [0.15, 0.2) is 65.7 Å². The minimum Gasteiger partial charge on any atom is -0.459 e. The predicted octanol–water partition coefficient (Wildman–Crippen LogP) is 2.71. The first-order valence-corrected chi connectivity index (χ1v) is 9.09. The topological polar surface area (TPSA) is 102 Å². The quantitative estimate of drug-likeness (QED) is 0.484. The van der Waals surface area contributed by atoms with E-state index >= 15 is 0 Å². The van der Waals surface area contributed by atoms with Gasteiger partial charge in [-0.1, -0.05) is 30.3 Å². The van der Waals surface area contributed by atoms with Crippen LogP contribution in [0.4, 0.5) is 0 Å². The molecule has 0 aliphatic carbocycles. The smallest absolute Gasteiger partial charge is 0.305 e. The SMILES string of the molecule is N=c1c2cnn(CCCCc3ccccc3)c2ncn1NC(=O)c1ccco1. The molecule has 0 saturated heterocycles. The maximum absolute atomic E-state index is 12.1. The number of carbonyl (C=O) groups is 1. The van der Waals surface area contributed by atoms with E-state index in [9.17, 15) is 4.79 Å². The van der Waals surface area contributed by atoms with E-state index in [1.165, 1.54) is 22.8 Å². The number of rotatable bonds is 7. The largest absolute Gasteiger partial charge is 0.459 e. The molecule has 0 aliphatic heterocycles. The molecule has 28 heavy (non-hydrogen) atoms. The molecule has 3 heterocycles. The molecule has 8 nitrogen and oxygen atoms in total. The number of hydrogen-bond acceptors (Lipinski definition) is 5. The molecule has 4 rings (SSSR count). The van der Waals surface area contributed by atoms with Crippen molar-refractivity contribution in [2.75, 3.05) is 5.43 Å². The Morgan fingerprint density at radius 3 is 2.79 bits per heavy atom. The lowest BCUT2D eigenvalue weighted by atomic mass is 10.1. The predicted molar refractivity (Wildman–Crippen MR) is 103 cm³/mol. The van der Waals surface area contributed by atoms with Crippen molar-refractivity contribution in [2.45, 2.75) is 25.8 Å². The molecule has 0 spiro atoms. The van der Waals surface area contributed by atoms with E-state index in [1.54, 1.807) is 23.0 Å². The maximum Gasteiger partial charge on any atom is 0.305 e. The highest BCUT2D eigenvalue weighted by Crippen LogP contribution is 2.09. The molecule has 3 aromatic heterocycles. The summed E-state index contributed by atoms with van der Waals surface area (Å²) in [4.78, 5) is 16.5. The molecule has 0 radical (unpaired) electrons. The van der Waals surface area contributed by atoms with Crippen molar-refractivity contribution in [1.29, 1.82) is 5.41 Å². The third-order valence-electron chi connectivity index (χ3n) is 4.50. The highest BCUT2D eigenvalue weighted by molar-refractivity contribution is 5.97. The van der Waals surface area contributed by atoms with E-state index < -0.39 is 5.91 Å². The summed E-state index contributed by atoms with van der Waals surface area (Å²) in [6, 6.07) is 13.6. The van der Waals surface area contributed by atoms with Gasteiger partial charge in [0.05, 0.1) is 17.8 Å². The lowest BCUT2D eigenvalue weighted by Crippen LogP contribution is -2.33. The fourth-order valence-corrected chi connectivity index (χ4v) is 3.04. The van der Waals surface area contributed by atoms with Gasteiger partial charge < -0.3 is 4.42 Å². The van der Waals surface area contributed by atoms with Crippen molar-refractivity contribution >= 4 is 16.9 Å². The van der Waals surface area contributed by atoms with Crippen LogP contribution in [-0.2, 0) is 13.0 Å². The van der Waals surface area contributed by atoms with Crippen LogP contribution in [0.5, 0.6) is 0 Å². The van der Waals surface area contributed by atoms with E-state index in [2.05, 4.69) is 39.8 Å². The minimum absolute atomic E-state index is 0.112. The third kappa shape index (κ3) is 3.71. The summed E-state index contributed by atoms with van der Waals surface area (Å²) in [6.45, 7) is 0.728. The summed E-state index contributed by atoms with van der Waals surface area (Å²) in [6.07, 6.45) is 7.47. The molecule has 0 atom stereocenters. The lowest BCUT2D eigenvalue weighted by molar-refractivity contribution is 0.0980. The zero-order valence-electron chi connectivity index (χ0n) is 15.2. The summed E-state index contributed by atoms with van der Waals surface area (Å²) in [7, 11) is 0. The fraction of sp³-hybridized carbons (Fsp3) is 0.200. The zero-order chi connectivity index (χ0) is 19.3.